The molecule has 0 unspecified atom stereocenters. The van der Waals surface area contributed by atoms with Gasteiger partial charge in [0.25, 0.3) is 0 Å². The van der Waals surface area contributed by atoms with Crippen molar-refractivity contribution in [3.63, 3.8) is 0 Å². The van der Waals surface area contributed by atoms with Crippen LogP contribution in [0.15, 0.2) is 36.4 Å². The van der Waals surface area contributed by atoms with Crippen molar-refractivity contribution >= 4 is 28.9 Å². The van der Waals surface area contributed by atoms with Crippen molar-refractivity contribution in [3.05, 3.63) is 57.6 Å². The molecule has 0 saturated heterocycles. The van der Waals surface area contributed by atoms with E-state index < -0.39 is 0 Å². The van der Waals surface area contributed by atoms with Gasteiger partial charge >= 0.3 is 0 Å². The molecule has 4 heteroatoms. The lowest BCUT2D eigenvalue weighted by Crippen LogP contribution is -2.11. The van der Waals surface area contributed by atoms with E-state index in [9.17, 15) is 0 Å². The van der Waals surface area contributed by atoms with Crippen molar-refractivity contribution in [2.24, 2.45) is 0 Å². The number of hydrogen-bond acceptors (Lipinski definition) is 2. The molecule has 0 aliphatic carbocycles. The number of halogens is 2. The predicted molar refractivity (Wildman–Crippen MR) is 86.4 cm³/mol. The molecule has 2 rings (SSSR count). The van der Waals surface area contributed by atoms with Crippen molar-refractivity contribution in [1.82, 2.24) is 0 Å². The van der Waals surface area contributed by atoms with Crippen molar-refractivity contribution in [2.75, 3.05) is 18.5 Å². The van der Waals surface area contributed by atoms with Crippen LogP contribution >= 0.6 is 23.2 Å². The fraction of sp³-hybridized carbons (Fsp3) is 0.250. The zero-order valence-electron chi connectivity index (χ0n) is 11.5. The molecule has 0 radical (unpaired) electrons. The minimum absolute atomic E-state index is 0.542. The molecule has 0 aromatic heterocycles. The maximum absolute atomic E-state index is 6.09. The third kappa shape index (κ3) is 3.81. The van der Waals surface area contributed by atoms with E-state index in [1.54, 1.807) is 6.07 Å². The van der Waals surface area contributed by atoms with E-state index in [4.69, 9.17) is 27.9 Å². The predicted octanol–water partition coefficient (Wildman–Crippen LogP) is 5.10. The fourth-order valence-electron chi connectivity index (χ4n) is 1.80. The Bertz CT molecular complexity index is 599. The third-order valence-electron chi connectivity index (χ3n) is 3.12. The molecule has 2 aromatic carbocycles. The second-order valence-corrected chi connectivity index (χ2v) is 5.41. The van der Waals surface area contributed by atoms with E-state index in [1.807, 2.05) is 24.3 Å². The average molecular weight is 310 g/mol. The normalized spacial score (nSPS) is 10.4. The van der Waals surface area contributed by atoms with Crippen LogP contribution in [0.5, 0.6) is 5.75 Å². The highest BCUT2D eigenvalue weighted by Gasteiger charge is 2.03. The van der Waals surface area contributed by atoms with E-state index in [-0.39, 0.29) is 0 Å². The minimum atomic E-state index is 0.542. The van der Waals surface area contributed by atoms with E-state index in [2.05, 4.69) is 25.2 Å². The molecule has 2 nitrogen and oxygen atoms in total. The molecule has 0 atom stereocenters. The van der Waals surface area contributed by atoms with Gasteiger partial charge in [0.15, 0.2) is 0 Å². The van der Waals surface area contributed by atoms with Gasteiger partial charge in [-0.2, -0.15) is 0 Å². The van der Waals surface area contributed by atoms with Crippen molar-refractivity contribution in [1.29, 1.82) is 0 Å². The Morgan fingerprint density at radius 1 is 1.05 bits per heavy atom. The number of benzene rings is 2. The Balaban J connectivity index is 1.84. The van der Waals surface area contributed by atoms with E-state index in [0.29, 0.717) is 23.2 Å². The maximum atomic E-state index is 6.09. The van der Waals surface area contributed by atoms with Crippen LogP contribution in [0, 0.1) is 13.8 Å². The van der Waals surface area contributed by atoms with Gasteiger partial charge in [-0.3, -0.25) is 0 Å². The smallest absolute Gasteiger partial charge is 0.119 e. The zero-order chi connectivity index (χ0) is 14.5. The van der Waals surface area contributed by atoms with Gasteiger partial charge in [-0.1, -0.05) is 35.3 Å². The molecule has 20 heavy (non-hydrogen) atoms. The maximum Gasteiger partial charge on any atom is 0.119 e. The number of nitrogens with one attached hydrogen (secondary N) is 1. The molecule has 0 saturated carbocycles. The molecule has 1 N–H and O–H groups in total. The molecule has 0 fully saturated rings. The summed E-state index contributed by atoms with van der Waals surface area (Å²) in [6.07, 6.45) is 0. The Morgan fingerprint density at radius 3 is 2.60 bits per heavy atom. The van der Waals surface area contributed by atoms with Gasteiger partial charge in [-0.15, -0.1) is 0 Å². The molecule has 0 aliphatic heterocycles. The summed E-state index contributed by atoms with van der Waals surface area (Å²) in [7, 11) is 0. The second kappa shape index (κ2) is 6.87. The summed E-state index contributed by atoms with van der Waals surface area (Å²) < 4.78 is 5.70. The summed E-state index contributed by atoms with van der Waals surface area (Å²) in [6.45, 7) is 5.38. The van der Waals surface area contributed by atoms with Gasteiger partial charge in [-0.05, 0) is 49.2 Å². The largest absolute Gasteiger partial charge is 0.492 e. The number of aryl methyl sites for hydroxylation is 2. The highest BCUT2D eigenvalue weighted by molar-refractivity contribution is 6.43. The van der Waals surface area contributed by atoms with Crippen LogP contribution in [0.4, 0.5) is 5.69 Å². The first-order chi connectivity index (χ1) is 9.58. The molecule has 0 heterocycles. The molecule has 106 valence electrons. The molecule has 0 aliphatic rings. The van der Waals surface area contributed by atoms with Crippen molar-refractivity contribution in [3.8, 4) is 5.75 Å². The fourth-order valence-corrected chi connectivity index (χ4v) is 2.17. The van der Waals surface area contributed by atoms with E-state index in [1.165, 1.54) is 11.1 Å². The first kappa shape index (κ1) is 15.0. The third-order valence-corrected chi connectivity index (χ3v) is 3.94. The van der Waals surface area contributed by atoms with Gasteiger partial charge in [0.2, 0.25) is 0 Å². The second-order valence-electron chi connectivity index (χ2n) is 4.62. The summed E-state index contributed by atoms with van der Waals surface area (Å²) in [5.41, 5.74) is 3.32. The van der Waals surface area contributed by atoms with Gasteiger partial charge in [0.1, 0.15) is 12.4 Å². The van der Waals surface area contributed by atoms with E-state index >= 15 is 0 Å². The summed E-state index contributed by atoms with van der Waals surface area (Å²) >= 11 is 12.0. The number of hydrogen-bond donors (Lipinski definition) is 1. The Hall–Kier alpha value is -1.38. The first-order valence-corrected chi connectivity index (χ1v) is 7.21. The molecule has 0 amide bonds. The van der Waals surface area contributed by atoms with Gasteiger partial charge < -0.3 is 10.1 Å². The Labute approximate surface area is 129 Å². The lowest BCUT2D eigenvalue weighted by Gasteiger charge is -2.11. The van der Waals surface area contributed by atoms with Crippen LogP contribution in [-0.2, 0) is 0 Å². The monoisotopic (exact) mass is 309 g/mol. The molecule has 2 aromatic rings. The highest BCUT2D eigenvalue weighted by Crippen LogP contribution is 2.29. The summed E-state index contributed by atoms with van der Waals surface area (Å²) in [4.78, 5) is 0. The quantitative estimate of drug-likeness (QED) is 0.776. The number of rotatable bonds is 5. The molecule has 0 bridgehead atoms. The molecule has 0 spiro atoms. The number of anilines is 1. The zero-order valence-corrected chi connectivity index (χ0v) is 13.1. The lowest BCUT2D eigenvalue weighted by molar-refractivity contribution is 0.332. The first-order valence-electron chi connectivity index (χ1n) is 6.46. The van der Waals surface area contributed by atoms with Crippen LogP contribution in [0.1, 0.15) is 11.1 Å². The average Bonchev–Trinajstić information content (AvgIpc) is 2.43. The van der Waals surface area contributed by atoms with Crippen LogP contribution in [0.2, 0.25) is 10.0 Å². The molecular formula is C16H17Cl2NO. The van der Waals surface area contributed by atoms with E-state index in [0.717, 1.165) is 11.4 Å². The molecular weight excluding hydrogens is 293 g/mol. The van der Waals surface area contributed by atoms with Gasteiger partial charge in [0, 0.05) is 6.54 Å². The highest BCUT2D eigenvalue weighted by atomic mass is 35.5. The van der Waals surface area contributed by atoms with Crippen LogP contribution in [0.25, 0.3) is 0 Å². The Morgan fingerprint density at radius 2 is 1.85 bits per heavy atom. The van der Waals surface area contributed by atoms with Crippen LogP contribution < -0.4 is 10.1 Å². The topological polar surface area (TPSA) is 21.3 Å². The van der Waals surface area contributed by atoms with Crippen molar-refractivity contribution in [2.45, 2.75) is 13.8 Å². The van der Waals surface area contributed by atoms with Gasteiger partial charge in [0.05, 0.1) is 15.7 Å². The van der Waals surface area contributed by atoms with Crippen LogP contribution in [-0.4, -0.2) is 13.2 Å². The Kier molecular flexibility index (Phi) is 5.16. The minimum Gasteiger partial charge on any atom is -0.492 e. The summed E-state index contributed by atoms with van der Waals surface area (Å²) in [5.74, 6) is 0.882. The summed E-state index contributed by atoms with van der Waals surface area (Å²) in [5, 5.41) is 4.30. The lowest BCUT2D eigenvalue weighted by atomic mass is 10.1. The summed E-state index contributed by atoms with van der Waals surface area (Å²) in [6, 6.07) is 11.6. The van der Waals surface area contributed by atoms with Crippen molar-refractivity contribution < 1.29 is 4.74 Å². The van der Waals surface area contributed by atoms with Gasteiger partial charge in [-0.25, -0.2) is 0 Å². The number of ether oxygens (including phenoxy) is 1. The standard InChI is InChI=1S/C16H17Cl2NO/c1-11-6-7-13(10-12(11)2)20-9-8-19-15-5-3-4-14(17)16(15)18/h3-7,10,19H,8-9H2,1-2H3. The van der Waals surface area contributed by atoms with Crippen LogP contribution in [0.3, 0.4) is 0 Å². The SMILES string of the molecule is Cc1ccc(OCCNc2cccc(Cl)c2Cl)cc1C.